The van der Waals surface area contributed by atoms with E-state index < -0.39 is 0 Å². The van der Waals surface area contributed by atoms with Gasteiger partial charge in [0.1, 0.15) is 6.33 Å². The molecule has 0 saturated carbocycles. The second-order valence-corrected chi connectivity index (χ2v) is 7.88. The fraction of sp³-hybridized carbons (Fsp3) is 0.231. The Morgan fingerprint density at radius 2 is 1.71 bits per heavy atom. The monoisotopic (exact) mass is 431 g/mol. The minimum Gasteiger partial charge on any atom is -0.372 e. The van der Waals surface area contributed by atoms with Crippen LogP contribution < -0.4 is 5.32 Å². The number of hydrogen-bond donors (Lipinski definition) is 1. The number of aromatic nitrogens is 2. The van der Waals surface area contributed by atoms with Crippen molar-refractivity contribution in [1.82, 2.24) is 15.3 Å². The number of nitrogens with one attached hydrogen (secondary N) is 1. The van der Waals surface area contributed by atoms with Crippen LogP contribution in [0.5, 0.6) is 0 Å². The molecule has 3 aromatic carbocycles. The lowest BCUT2D eigenvalue weighted by molar-refractivity contribution is 0.0107. The molecular weight excluding hydrogens is 406 g/mol. The molecule has 1 saturated heterocycles. The number of fused-ring (bicyclic) bond motifs is 1. The molecule has 2 atom stereocenters. The van der Waals surface area contributed by atoms with Crippen LogP contribution in [0.25, 0.3) is 21.9 Å². The van der Waals surface area contributed by atoms with E-state index in [1.165, 1.54) is 21.9 Å². The number of hydrogen-bond acceptors (Lipinski definition) is 4. The van der Waals surface area contributed by atoms with Gasteiger partial charge < -0.3 is 10.1 Å². The van der Waals surface area contributed by atoms with E-state index in [-0.39, 0.29) is 18.5 Å². The Morgan fingerprint density at radius 3 is 2.58 bits per heavy atom. The second kappa shape index (κ2) is 10.0. The Kier molecular flexibility index (Phi) is 6.92. The topological polar surface area (TPSA) is 47.0 Å². The predicted octanol–water partition coefficient (Wildman–Crippen LogP) is 5.38. The zero-order valence-corrected chi connectivity index (χ0v) is 18.1. The molecule has 0 radical (unpaired) electrons. The summed E-state index contributed by atoms with van der Waals surface area (Å²) >= 11 is 0. The van der Waals surface area contributed by atoms with Gasteiger partial charge in [0, 0.05) is 30.4 Å². The second-order valence-electron chi connectivity index (χ2n) is 7.88. The number of nitrogens with zero attached hydrogens (tertiary/aromatic N) is 2. The largest absolute Gasteiger partial charge is 0.372 e. The van der Waals surface area contributed by atoms with Gasteiger partial charge in [0.2, 0.25) is 0 Å². The first kappa shape index (κ1) is 21.4. The van der Waals surface area contributed by atoms with Crippen molar-refractivity contribution < 1.29 is 4.74 Å². The van der Waals surface area contributed by atoms with Crippen LogP contribution in [0, 0.1) is 0 Å². The molecule has 0 amide bonds. The fourth-order valence-corrected chi connectivity index (χ4v) is 4.32. The van der Waals surface area contributed by atoms with Crippen molar-refractivity contribution in [3.05, 3.63) is 96.6 Å². The van der Waals surface area contributed by atoms with Crippen molar-refractivity contribution in [2.45, 2.75) is 25.0 Å². The summed E-state index contributed by atoms with van der Waals surface area (Å²) in [6.45, 7) is 2.51. The van der Waals surface area contributed by atoms with Gasteiger partial charge in [-0.2, -0.15) is 0 Å². The maximum absolute atomic E-state index is 6.44. The SMILES string of the molecule is Cl.c1cc(-c2cncnc2)cc(C2CCNCC2OCc2ccc3ccccc3c2)c1. The first-order valence-electron chi connectivity index (χ1n) is 10.5. The summed E-state index contributed by atoms with van der Waals surface area (Å²) in [5.74, 6) is 0.372. The molecule has 0 bridgehead atoms. The van der Waals surface area contributed by atoms with Crippen molar-refractivity contribution in [2.24, 2.45) is 0 Å². The Labute approximate surface area is 189 Å². The molecule has 5 heteroatoms. The van der Waals surface area contributed by atoms with Crippen molar-refractivity contribution in [3.8, 4) is 11.1 Å². The lowest BCUT2D eigenvalue weighted by atomic mass is 9.86. The zero-order chi connectivity index (χ0) is 20.2. The van der Waals surface area contributed by atoms with Crippen molar-refractivity contribution in [3.63, 3.8) is 0 Å². The molecule has 2 heterocycles. The van der Waals surface area contributed by atoms with Crippen LogP contribution in [0.1, 0.15) is 23.5 Å². The van der Waals surface area contributed by atoms with Crippen LogP contribution in [0.4, 0.5) is 0 Å². The lowest BCUT2D eigenvalue weighted by Crippen LogP contribution is -2.41. The van der Waals surface area contributed by atoms with Gasteiger partial charge in [-0.15, -0.1) is 12.4 Å². The molecule has 1 N–H and O–H groups in total. The number of rotatable bonds is 5. The van der Waals surface area contributed by atoms with E-state index >= 15 is 0 Å². The van der Waals surface area contributed by atoms with Crippen LogP contribution in [0.15, 0.2) is 85.5 Å². The molecule has 1 aromatic heterocycles. The number of benzene rings is 3. The minimum atomic E-state index is 0. The van der Waals surface area contributed by atoms with Gasteiger partial charge in [-0.25, -0.2) is 9.97 Å². The number of halogens is 1. The molecule has 5 rings (SSSR count). The first-order chi connectivity index (χ1) is 14.9. The molecule has 0 spiro atoms. The minimum absolute atomic E-state index is 0. The third-order valence-electron chi connectivity index (χ3n) is 5.91. The van der Waals surface area contributed by atoms with Gasteiger partial charge in [0.05, 0.1) is 12.7 Å². The summed E-state index contributed by atoms with van der Waals surface area (Å²) in [4.78, 5) is 8.31. The van der Waals surface area contributed by atoms with Crippen molar-refractivity contribution in [1.29, 1.82) is 0 Å². The van der Waals surface area contributed by atoms with E-state index in [2.05, 4.69) is 82.0 Å². The third kappa shape index (κ3) is 4.93. The maximum Gasteiger partial charge on any atom is 0.115 e. The van der Waals surface area contributed by atoms with Crippen LogP contribution >= 0.6 is 12.4 Å². The highest BCUT2D eigenvalue weighted by Gasteiger charge is 2.27. The Morgan fingerprint density at radius 1 is 0.871 bits per heavy atom. The zero-order valence-electron chi connectivity index (χ0n) is 17.3. The molecule has 4 nitrogen and oxygen atoms in total. The smallest absolute Gasteiger partial charge is 0.115 e. The highest BCUT2D eigenvalue weighted by atomic mass is 35.5. The Hall–Kier alpha value is -2.79. The van der Waals surface area contributed by atoms with Crippen molar-refractivity contribution in [2.75, 3.05) is 13.1 Å². The molecule has 1 fully saturated rings. The average molecular weight is 432 g/mol. The van der Waals surface area contributed by atoms with E-state index in [1.807, 2.05) is 12.4 Å². The molecule has 1 aliphatic heterocycles. The van der Waals surface area contributed by atoms with E-state index in [1.54, 1.807) is 6.33 Å². The van der Waals surface area contributed by atoms with Crippen LogP contribution in [-0.2, 0) is 11.3 Å². The summed E-state index contributed by atoms with van der Waals surface area (Å²) in [5.41, 5.74) is 4.73. The maximum atomic E-state index is 6.44. The molecule has 0 aliphatic carbocycles. The van der Waals surface area contributed by atoms with Gasteiger partial charge in [0.25, 0.3) is 0 Å². The lowest BCUT2D eigenvalue weighted by Gasteiger charge is -2.33. The van der Waals surface area contributed by atoms with Gasteiger partial charge in [-0.05, 0) is 46.5 Å². The van der Waals surface area contributed by atoms with Gasteiger partial charge in [-0.1, -0.05) is 60.7 Å². The highest BCUT2D eigenvalue weighted by molar-refractivity contribution is 5.85. The standard InChI is InChI=1S/C26H25N3O.ClH/c1-2-5-21-12-19(8-9-20(21)4-1)17-30-26-16-27-11-10-25(26)23-7-3-6-22(13-23)24-14-28-18-29-15-24;/h1-9,12-15,18,25-27H,10-11,16-17H2;1H. The van der Waals surface area contributed by atoms with Crippen LogP contribution in [0.3, 0.4) is 0 Å². The molecule has 31 heavy (non-hydrogen) atoms. The summed E-state index contributed by atoms with van der Waals surface area (Å²) in [5, 5.41) is 6.02. The first-order valence-corrected chi connectivity index (χ1v) is 10.5. The molecule has 2 unspecified atom stereocenters. The quantitative estimate of drug-likeness (QED) is 0.460. The van der Waals surface area contributed by atoms with Gasteiger partial charge in [0.15, 0.2) is 0 Å². The number of piperidine rings is 1. The summed E-state index contributed by atoms with van der Waals surface area (Å²) < 4.78 is 6.44. The predicted molar refractivity (Wildman–Crippen MR) is 127 cm³/mol. The third-order valence-corrected chi connectivity index (χ3v) is 5.91. The normalized spacial score (nSPS) is 18.5. The van der Waals surface area contributed by atoms with Crippen LogP contribution in [0.2, 0.25) is 0 Å². The Balaban J connectivity index is 0.00000231. The number of ether oxygens (including phenoxy) is 1. The summed E-state index contributed by atoms with van der Waals surface area (Å²) in [6, 6.07) is 23.8. The van der Waals surface area contributed by atoms with E-state index in [4.69, 9.17) is 4.74 Å². The van der Waals surface area contributed by atoms with Gasteiger partial charge in [-0.3, -0.25) is 0 Å². The van der Waals surface area contributed by atoms with Crippen LogP contribution in [-0.4, -0.2) is 29.2 Å². The molecule has 158 valence electrons. The van der Waals surface area contributed by atoms with Crippen molar-refractivity contribution >= 4 is 23.2 Å². The molecule has 1 aliphatic rings. The molecule has 4 aromatic rings. The highest BCUT2D eigenvalue weighted by Crippen LogP contribution is 2.31. The van der Waals surface area contributed by atoms with E-state index in [0.717, 1.165) is 30.6 Å². The average Bonchev–Trinajstić information content (AvgIpc) is 2.83. The molecular formula is C26H26ClN3O. The summed E-state index contributed by atoms with van der Waals surface area (Å²) in [7, 11) is 0. The Bertz CT molecular complexity index is 1140. The van der Waals surface area contributed by atoms with Gasteiger partial charge >= 0.3 is 0 Å². The van der Waals surface area contributed by atoms with E-state index in [0.29, 0.717) is 12.5 Å². The summed E-state index contributed by atoms with van der Waals surface area (Å²) in [6.07, 6.45) is 6.51. The fourth-order valence-electron chi connectivity index (χ4n) is 4.32. The van der Waals surface area contributed by atoms with E-state index in [9.17, 15) is 0 Å².